The van der Waals surface area contributed by atoms with E-state index in [0.29, 0.717) is 12.0 Å². The molecule has 1 aromatic carbocycles. The van der Waals surface area contributed by atoms with Crippen LogP contribution in [0.3, 0.4) is 0 Å². The smallest absolute Gasteiger partial charge is 0.298 e. The maximum Gasteiger partial charge on any atom is 0.417 e. The zero-order valence-electron chi connectivity index (χ0n) is 10.2. The number of rotatable bonds is 5. The van der Waals surface area contributed by atoms with Crippen molar-refractivity contribution in [3.63, 3.8) is 0 Å². The van der Waals surface area contributed by atoms with E-state index in [-0.39, 0.29) is 16.7 Å². The second-order valence-electron chi connectivity index (χ2n) is 4.20. The van der Waals surface area contributed by atoms with Crippen LogP contribution >= 0.6 is 31.9 Å². The predicted octanol–water partition coefficient (Wildman–Crippen LogP) is 5.14. The van der Waals surface area contributed by atoms with Crippen LogP contribution in [0.2, 0.25) is 0 Å². The van der Waals surface area contributed by atoms with E-state index in [1.54, 1.807) is 6.07 Å². The molecule has 0 aliphatic heterocycles. The van der Waals surface area contributed by atoms with Gasteiger partial charge in [-0.3, -0.25) is 4.79 Å². The number of benzene rings is 1. The molecule has 0 bridgehead atoms. The van der Waals surface area contributed by atoms with Crippen molar-refractivity contribution < 1.29 is 18.0 Å². The molecule has 0 aliphatic carbocycles. The van der Waals surface area contributed by atoms with Gasteiger partial charge in [-0.1, -0.05) is 44.8 Å². The average molecular weight is 402 g/mol. The summed E-state index contributed by atoms with van der Waals surface area (Å²) in [5.74, 6) is 0.0129. The van der Waals surface area contributed by atoms with E-state index >= 15 is 0 Å². The Morgan fingerprint density at radius 1 is 1.37 bits per heavy atom. The first-order chi connectivity index (χ1) is 8.75. The number of Topliss-reactive ketones (excluding diaryl/α,β-unsaturated/α-hetero) is 1. The van der Waals surface area contributed by atoms with E-state index < -0.39 is 16.6 Å². The van der Waals surface area contributed by atoms with Gasteiger partial charge in [-0.2, -0.15) is 13.2 Å². The fraction of sp³-hybridized carbons (Fsp3) is 0.462. The molecule has 6 heteroatoms. The highest BCUT2D eigenvalue weighted by Gasteiger charge is 2.33. The summed E-state index contributed by atoms with van der Waals surface area (Å²) in [6.07, 6.45) is -2.98. The van der Waals surface area contributed by atoms with Crippen molar-refractivity contribution in [1.29, 1.82) is 0 Å². The number of halogens is 5. The lowest BCUT2D eigenvalue weighted by molar-refractivity contribution is -0.138. The summed E-state index contributed by atoms with van der Waals surface area (Å²) in [6.45, 7) is 1.89. The van der Waals surface area contributed by atoms with E-state index in [1.165, 1.54) is 6.07 Å². The summed E-state index contributed by atoms with van der Waals surface area (Å²) in [7, 11) is 0. The lowest BCUT2D eigenvalue weighted by Gasteiger charge is -2.13. The van der Waals surface area contributed by atoms with Gasteiger partial charge in [0.15, 0.2) is 0 Å². The second kappa shape index (κ2) is 6.88. The van der Waals surface area contributed by atoms with Crippen molar-refractivity contribution >= 4 is 37.6 Å². The standard InChI is InChI=1S/C13H13Br2F3O/c1-2-3-12(19)11(15)7-8-4-5-10(14)9(6-8)13(16,17)18/h4-6,11H,2-3,7H2,1H3. The normalized spacial score (nSPS) is 13.4. The molecule has 0 saturated heterocycles. The first-order valence-electron chi connectivity index (χ1n) is 5.78. The molecule has 19 heavy (non-hydrogen) atoms. The summed E-state index contributed by atoms with van der Waals surface area (Å²) < 4.78 is 38.2. The van der Waals surface area contributed by atoms with Crippen molar-refractivity contribution in [1.82, 2.24) is 0 Å². The molecule has 0 saturated carbocycles. The number of carbonyl (C=O) groups is 1. The molecule has 1 aromatic rings. The molecule has 0 N–H and O–H groups in total. The molecule has 0 radical (unpaired) electrons. The van der Waals surface area contributed by atoms with Crippen LogP contribution in [0, 0.1) is 0 Å². The number of hydrogen-bond acceptors (Lipinski definition) is 1. The molecule has 1 unspecified atom stereocenters. The molecule has 0 heterocycles. The van der Waals surface area contributed by atoms with Gasteiger partial charge in [0.25, 0.3) is 0 Å². The van der Waals surface area contributed by atoms with Gasteiger partial charge in [-0.15, -0.1) is 0 Å². The number of ketones is 1. The van der Waals surface area contributed by atoms with Gasteiger partial charge in [0, 0.05) is 10.9 Å². The summed E-state index contributed by atoms with van der Waals surface area (Å²) in [4.78, 5) is 11.2. The van der Waals surface area contributed by atoms with Crippen molar-refractivity contribution in [2.75, 3.05) is 0 Å². The minimum Gasteiger partial charge on any atom is -0.298 e. The molecule has 1 nitrogen and oxygen atoms in total. The monoisotopic (exact) mass is 400 g/mol. The quantitative estimate of drug-likeness (QED) is 0.624. The van der Waals surface area contributed by atoms with Crippen LogP contribution in [-0.2, 0) is 17.4 Å². The minimum absolute atomic E-state index is 0.00903. The highest BCUT2D eigenvalue weighted by molar-refractivity contribution is 9.10. The molecule has 0 spiro atoms. The molecular weight excluding hydrogens is 389 g/mol. The Morgan fingerprint density at radius 3 is 2.53 bits per heavy atom. The highest BCUT2D eigenvalue weighted by atomic mass is 79.9. The molecule has 0 amide bonds. The molecule has 1 rings (SSSR count). The van der Waals surface area contributed by atoms with E-state index in [9.17, 15) is 18.0 Å². The Kier molecular flexibility index (Phi) is 6.05. The van der Waals surface area contributed by atoms with E-state index in [1.807, 2.05) is 6.92 Å². The van der Waals surface area contributed by atoms with Crippen molar-refractivity contribution in [3.05, 3.63) is 33.8 Å². The van der Waals surface area contributed by atoms with Gasteiger partial charge < -0.3 is 0 Å². The highest BCUT2D eigenvalue weighted by Crippen LogP contribution is 2.35. The Bertz CT molecular complexity index is 458. The Balaban J connectivity index is 2.89. The van der Waals surface area contributed by atoms with Gasteiger partial charge in [0.2, 0.25) is 0 Å². The largest absolute Gasteiger partial charge is 0.417 e. The Morgan fingerprint density at radius 2 is 2.00 bits per heavy atom. The summed E-state index contributed by atoms with van der Waals surface area (Å²) in [5, 5.41) is 0. The fourth-order valence-electron chi connectivity index (χ4n) is 1.64. The van der Waals surface area contributed by atoms with Gasteiger partial charge in [-0.25, -0.2) is 0 Å². The maximum absolute atomic E-state index is 12.7. The van der Waals surface area contributed by atoms with Crippen LogP contribution in [-0.4, -0.2) is 10.6 Å². The first kappa shape index (κ1) is 16.7. The predicted molar refractivity (Wildman–Crippen MR) is 75.5 cm³/mol. The molecule has 0 aromatic heterocycles. The zero-order valence-corrected chi connectivity index (χ0v) is 13.4. The average Bonchev–Trinajstić information content (AvgIpc) is 2.30. The van der Waals surface area contributed by atoms with Crippen LogP contribution in [0.1, 0.15) is 30.9 Å². The summed E-state index contributed by atoms with van der Waals surface area (Å²) in [5.41, 5.74) is -0.227. The van der Waals surface area contributed by atoms with E-state index in [2.05, 4.69) is 31.9 Å². The maximum atomic E-state index is 12.7. The van der Waals surface area contributed by atoms with Crippen LogP contribution < -0.4 is 0 Å². The lowest BCUT2D eigenvalue weighted by atomic mass is 10.0. The topological polar surface area (TPSA) is 17.1 Å². The summed E-state index contributed by atoms with van der Waals surface area (Å²) >= 11 is 6.12. The Labute approximate surface area is 126 Å². The first-order valence-corrected chi connectivity index (χ1v) is 7.49. The van der Waals surface area contributed by atoms with Gasteiger partial charge in [0.05, 0.1) is 10.4 Å². The third-order valence-corrected chi connectivity index (χ3v) is 4.12. The summed E-state index contributed by atoms with van der Waals surface area (Å²) in [6, 6.07) is 4.03. The van der Waals surface area contributed by atoms with Crippen molar-refractivity contribution in [3.8, 4) is 0 Å². The SMILES string of the molecule is CCCC(=O)C(Br)Cc1ccc(Br)c(C(F)(F)F)c1. The molecule has 1 atom stereocenters. The number of alkyl halides is 4. The van der Waals surface area contributed by atoms with Crippen LogP contribution in [0.25, 0.3) is 0 Å². The fourth-order valence-corrected chi connectivity index (χ4v) is 2.71. The van der Waals surface area contributed by atoms with Crippen molar-refractivity contribution in [2.45, 2.75) is 37.2 Å². The Hall–Kier alpha value is -0.360. The van der Waals surface area contributed by atoms with Gasteiger partial charge in [-0.05, 0) is 30.5 Å². The van der Waals surface area contributed by atoms with Gasteiger partial charge in [0.1, 0.15) is 5.78 Å². The van der Waals surface area contributed by atoms with Crippen LogP contribution in [0.4, 0.5) is 13.2 Å². The van der Waals surface area contributed by atoms with Crippen molar-refractivity contribution in [2.24, 2.45) is 0 Å². The lowest BCUT2D eigenvalue weighted by Crippen LogP contribution is -2.16. The number of carbonyl (C=O) groups excluding carboxylic acids is 1. The molecule has 0 fully saturated rings. The van der Waals surface area contributed by atoms with Crippen LogP contribution in [0.15, 0.2) is 22.7 Å². The molecule has 106 valence electrons. The molecule has 0 aliphatic rings. The second-order valence-corrected chi connectivity index (χ2v) is 6.16. The van der Waals surface area contributed by atoms with Gasteiger partial charge >= 0.3 is 6.18 Å². The number of hydrogen-bond donors (Lipinski definition) is 0. The minimum atomic E-state index is -4.40. The third-order valence-electron chi connectivity index (χ3n) is 2.60. The van der Waals surface area contributed by atoms with E-state index in [4.69, 9.17) is 0 Å². The van der Waals surface area contributed by atoms with E-state index in [0.717, 1.165) is 12.5 Å². The third kappa shape index (κ3) is 4.91. The molecular formula is C13H13Br2F3O. The zero-order chi connectivity index (χ0) is 14.6. The van der Waals surface area contributed by atoms with Crippen LogP contribution in [0.5, 0.6) is 0 Å².